The zero-order valence-electron chi connectivity index (χ0n) is 13.2. The van der Waals surface area contributed by atoms with Crippen molar-refractivity contribution in [3.63, 3.8) is 0 Å². The Bertz CT molecular complexity index is 838. The van der Waals surface area contributed by atoms with Crippen molar-refractivity contribution in [2.24, 2.45) is 0 Å². The van der Waals surface area contributed by atoms with Crippen LogP contribution in [0.5, 0.6) is 0 Å². The predicted molar refractivity (Wildman–Crippen MR) is 101 cm³/mol. The maximum atomic E-state index is 12.0. The lowest BCUT2D eigenvalue weighted by atomic mass is 10.2. The van der Waals surface area contributed by atoms with E-state index < -0.39 is 0 Å². The molecule has 0 aliphatic heterocycles. The van der Waals surface area contributed by atoms with Crippen molar-refractivity contribution in [3.05, 3.63) is 53.4 Å². The molecular formula is C16H15ClN4O2S2. The van der Waals surface area contributed by atoms with E-state index in [1.165, 1.54) is 23.1 Å². The van der Waals surface area contributed by atoms with Crippen LogP contribution in [0.4, 0.5) is 10.8 Å². The highest BCUT2D eigenvalue weighted by molar-refractivity contribution is 8.01. The summed E-state index contributed by atoms with van der Waals surface area (Å²) in [7, 11) is 0. The first-order valence-corrected chi connectivity index (χ1v) is 9.60. The summed E-state index contributed by atoms with van der Waals surface area (Å²) in [5.41, 5.74) is 0.838. The third-order valence-electron chi connectivity index (χ3n) is 3.16. The van der Waals surface area contributed by atoms with Gasteiger partial charge in [0.25, 0.3) is 0 Å². The second-order valence-electron chi connectivity index (χ2n) is 5.10. The molecule has 0 spiro atoms. The van der Waals surface area contributed by atoms with E-state index >= 15 is 0 Å². The summed E-state index contributed by atoms with van der Waals surface area (Å²) in [6.45, 7) is 1.87. The number of aromatic nitrogens is 2. The first-order chi connectivity index (χ1) is 12.1. The zero-order chi connectivity index (χ0) is 17.6. The monoisotopic (exact) mass is 394 g/mol. The molecule has 3 rings (SSSR count). The number of nitrogens with zero attached hydrogens (tertiary/aromatic N) is 2. The topological polar surface area (TPSA) is 80.0 Å². The third kappa shape index (κ3) is 5.22. The number of rotatable bonds is 7. The largest absolute Gasteiger partial charge is 0.467 e. The van der Waals surface area contributed by atoms with Crippen LogP contribution in [-0.4, -0.2) is 21.9 Å². The number of carbonyl (C=O) groups excluding carboxylic acids is 1. The van der Waals surface area contributed by atoms with Gasteiger partial charge in [0.15, 0.2) is 4.34 Å². The summed E-state index contributed by atoms with van der Waals surface area (Å²) < 4.78 is 5.98. The molecule has 2 aromatic heterocycles. The van der Waals surface area contributed by atoms with Crippen LogP contribution in [0.15, 0.2) is 51.4 Å². The van der Waals surface area contributed by atoms with E-state index in [1.54, 1.807) is 24.5 Å². The number of hydrogen-bond acceptors (Lipinski definition) is 7. The summed E-state index contributed by atoms with van der Waals surface area (Å²) in [5.74, 6) is 0.896. The highest BCUT2D eigenvalue weighted by atomic mass is 35.5. The molecule has 3 aromatic rings. The number of benzene rings is 1. The van der Waals surface area contributed by atoms with Crippen molar-refractivity contribution in [2.45, 2.75) is 17.3 Å². The molecule has 0 aliphatic rings. The molecule has 0 bridgehead atoms. The molecule has 0 aliphatic carbocycles. The van der Waals surface area contributed by atoms with E-state index in [9.17, 15) is 4.79 Å². The molecule has 1 aromatic carbocycles. The van der Waals surface area contributed by atoms with Crippen molar-refractivity contribution in [1.82, 2.24) is 15.5 Å². The standard InChI is InChI=1S/C16H15ClN4O2S2/c1-10(13-6-3-7-23-13)18-14(22)9-24-16-21-20-15(25-16)19-12-5-2-4-11(17)8-12/h2-8,10H,9H2,1H3,(H,18,22)(H,19,20)/t10-/m1/s1. The number of anilines is 2. The van der Waals surface area contributed by atoms with E-state index in [-0.39, 0.29) is 17.7 Å². The first-order valence-electron chi connectivity index (χ1n) is 7.42. The van der Waals surface area contributed by atoms with Crippen molar-refractivity contribution < 1.29 is 9.21 Å². The summed E-state index contributed by atoms with van der Waals surface area (Å²) in [4.78, 5) is 12.0. The fourth-order valence-electron chi connectivity index (χ4n) is 2.03. The Labute approximate surface area is 158 Å². The summed E-state index contributed by atoms with van der Waals surface area (Å²) in [6, 6.07) is 10.8. The molecule has 0 saturated carbocycles. The number of amides is 1. The van der Waals surface area contributed by atoms with Crippen LogP contribution in [0, 0.1) is 0 Å². The average molecular weight is 395 g/mol. The summed E-state index contributed by atoms with van der Waals surface area (Å²) in [5, 5.41) is 15.4. The van der Waals surface area contributed by atoms with Gasteiger partial charge in [-0.25, -0.2) is 0 Å². The quantitative estimate of drug-likeness (QED) is 0.574. The second kappa shape index (κ2) is 8.37. The van der Waals surface area contributed by atoms with Crippen molar-refractivity contribution in [2.75, 3.05) is 11.1 Å². The lowest BCUT2D eigenvalue weighted by Crippen LogP contribution is -2.27. The lowest BCUT2D eigenvalue weighted by molar-refractivity contribution is -0.119. The molecule has 6 nitrogen and oxygen atoms in total. The van der Waals surface area contributed by atoms with Gasteiger partial charge >= 0.3 is 0 Å². The van der Waals surface area contributed by atoms with Crippen LogP contribution in [0.3, 0.4) is 0 Å². The number of nitrogens with one attached hydrogen (secondary N) is 2. The van der Waals surface area contributed by atoms with Crippen LogP contribution in [0.25, 0.3) is 0 Å². The second-order valence-corrected chi connectivity index (χ2v) is 7.74. The fourth-order valence-corrected chi connectivity index (χ4v) is 3.80. The van der Waals surface area contributed by atoms with Gasteiger partial charge in [-0.3, -0.25) is 4.79 Å². The molecule has 2 N–H and O–H groups in total. The van der Waals surface area contributed by atoms with Gasteiger partial charge in [-0.2, -0.15) is 0 Å². The molecule has 0 unspecified atom stereocenters. The number of thioether (sulfide) groups is 1. The van der Waals surface area contributed by atoms with E-state index in [1.807, 2.05) is 25.1 Å². The molecule has 0 saturated heterocycles. The maximum Gasteiger partial charge on any atom is 0.231 e. The van der Waals surface area contributed by atoms with E-state index in [0.29, 0.717) is 14.5 Å². The minimum atomic E-state index is -0.169. The Morgan fingerprint density at radius 2 is 2.24 bits per heavy atom. The highest BCUT2D eigenvalue weighted by Crippen LogP contribution is 2.28. The van der Waals surface area contributed by atoms with Gasteiger partial charge in [-0.15, -0.1) is 10.2 Å². The smallest absolute Gasteiger partial charge is 0.231 e. The minimum absolute atomic E-state index is 0.0894. The third-order valence-corrected chi connectivity index (χ3v) is 5.36. The molecule has 1 amide bonds. The van der Waals surface area contributed by atoms with Gasteiger partial charge in [0.05, 0.1) is 18.1 Å². The first kappa shape index (κ1) is 17.8. The minimum Gasteiger partial charge on any atom is -0.467 e. The number of hydrogen-bond donors (Lipinski definition) is 2. The lowest BCUT2D eigenvalue weighted by Gasteiger charge is -2.10. The van der Waals surface area contributed by atoms with Crippen LogP contribution in [0.1, 0.15) is 18.7 Å². The molecule has 0 radical (unpaired) electrons. The van der Waals surface area contributed by atoms with Gasteiger partial charge in [0.2, 0.25) is 11.0 Å². The molecule has 9 heteroatoms. The Morgan fingerprint density at radius 3 is 3.00 bits per heavy atom. The predicted octanol–water partition coefficient (Wildman–Crippen LogP) is 4.50. The summed E-state index contributed by atoms with van der Waals surface area (Å²) >= 11 is 8.67. The van der Waals surface area contributed by atoms with E-state index in [0.717, 1.165) is 11.4 Å². The Kier molecular flexibility index (Phi) is 5.95. The Balaban J connectivity index is 1.49. The van der Waals surface area contributed by atoms with Crippen LogP contribution < -0.4 is 10.6 Å². The molecule has 0 fully saturated rings. The van der Waals surface area contributed by atoms with Gasteiger partial charge in [-0.05, 0) is 37.3 Å². The van der Waals surface area contributed by atoms with Gasteiger partial charge in [0, 0.05) is 10.7 Å². The number of furan rings is 1. The molecule has 2 heterocycles. The Hall–Kier alpha value is -2.03. The van der Waals surface area contributed by atoms with E-state index in [2.05, 4.69) is 20.8 Å². The summed E-state index contributed by atoms with van der Waals surface area (Å²) in [6.07, 6.45) is 1.59. The van der Waals surface area contributed by atoms with Gasteiger partial charge < -0.3 is 15.1 Å². The van der Waals surface area contributed by atoms with Crippen LogP contribution in [-0.2, 0) is 4.79 Å². The zero-order valence-corrected chi connectivity index (χ0v) is 15.6. The van der Waals surface area contributed by atoms with Crippen LogP contribution >= 0.6 is 34.7 Å². The number of halogens is 1. The maximum absolute atomic E-state index is 12.0. The van der Waals surface area contributed by atoms with Crippen molar-refractivity contribution >= 4 is 51.4 Å². The fraction of sp³-hybridized carbons (Fsp3) is 0.188. The highest BCUT2D eigenvalue weighted by Gasteiger charge is 2.13. The SMILES string of the molecule is C[C@@H](NC(=O)CSc1nnc(Nc2cccc(Cl)c2)s1)c1ccco1. The molecule has 130 valence electrons. The van der Waals surface area contributed by atoms with Crippen LogP contribution in [0.2, 0.25) is 5.02 Å². The van der Waals surface area contributed by atoms with Gasteiger partial charge in [0.1, 0.15) is 5.76 Å². The molecule has 1 atom stereocenters. The van der Waals surface area contributed by atoms with Gasteiger partial charge in [-0.1, -0.05) is 40.8 Å². The number of carbonyl (C=O) groups is 1. The Morgan fingerprint density at radius 1 is 1.36 bits per heavy atom. The average Bonchev–Trinajstić information content (AvgIpc) is 3.25. The molecular weight excluding hydrogens is 380 g/mol. The van der Waals surface area contributed by atoms with Crippen molar-refractivity contribution in [1.29, 1.82) is 0 Å². The molecule has 25 heavy (non-hydrogen) atoms. The van der Waals surface area contributed by atoms with Crippen molar-refractivity contribution in [3.8, 4) is 0 Å². The van der Waals surface area contributed by atoms with E-state index in [4.69, 9.17) is 16.0 Å². The normalized spacial score (nSPS) is 11.9.